The molecule has 2 fully saturated rings. The third kappa shape index (κ3) is 5.60. The molecule has 4 rings (SSSR count). The van der Waals surface area contributed by atoms with Gasteiger partial charge in [0.2, 0.25) is 0 Å². The number of fused-ring (bicyclic) bond motifs is 1. The molecule has 0 radical (unpaired) electrons. The van der Waals surface area contributed by atoms with E-state index in [4.69, 9.17) is 4.74 Å². The summed E-state index contributed by atoms with van der Waals surface area (Å²) in [5, 5.41) is 10.3. The molecule has 0 amide bonds. The first-order valence-corrected chi connectivity index (χ1v) is 12.9. The minimum absolute atomic E-state index is 0.0310. The fourth-order valence-corrected chi connectivity index (χ4v) is 6.01. The van der Waals surface area contributed by atoms with Gasteiger partial charge in [-0.3, -0.25) is 9.69 Å². The maximum Gasteiger partial charge on any atom is 0.420 e. The summed E-state index contributed by atoms with van der Waals surface area (Å²) in [4.78, 5) is 13.8. The maximum atomic E-state index is 14.3. The average molecular weight is 492 g/mol. The van der Waals surface area contributed by atoms with Gasteiger partial charge in [-0.15, -0.1) is 0 Å². The summed E-state index contributed by atoms with van der Waals surface area (Å²) >= 11 is 0. The third-order valence-electron chi connectivity index (χ3n) is 8.04. The van der Waals surface area contributed by atoms with Gasteiger partial charge < -0.3 is 9.84 Å². The molecule has 0 spiro atoms. The molecule has 1 saturated carbocycles. The Kier molecular flexibility index (Phi) is 7.65. The lowest BCUT2D eigenvalue weighted by Gasteiger charge is -2.43. The Hall–Kier alpha value is -2.28. The van der Waals surface area contributed by atoms with Gasteiger partial charge in [-0.25, -0.2) is 0 Å². The lowest BCUT2D eigenvalue weighted by atomic mass is 9.85. The SMILES string of the molecule is CCC1CC(C(=O)O)CC(C)N1Cc1cccc2c(C(F)(F)F)c(OC3CCC(C)CC3)ccc12. The second kappa shape index (κ2) is 10.4. The van der Waals surface area contributed by atoms with E-state index >= 15 is 0 Å². The molecular formula is C28H36F3NO3. The van der Waals surface area contributed by atoms with Crippen LogP contribution in [0.1, 0.15) is 76.8 Å². The lowest BCUT2D eigenvalue weighted by molar-refractivity contribution is -0.145. The first-order chi connectivity index (χ1) is 16.6. The molecule has 3 atom stereocenters. The fraction of sp³-hybridized carbons (Fsp3) is 0.607. The van der Waals surface area contributed by atoms with Gasteiger partial charge in [-0.1, -0.05) is 38.1 Å². The number of likely N-dealkylation sites (tertiary alicyclic amines) is 1. The van der Waals surface area contributed by atoms with Crippen LogP contribution < -0.4 is 4.74 Å². The van der Waals surface area contributed by atoms with Crippen molar-refractivity contribution in [2.45, 2.75) is 96.6 Å². The van der Waals surface area contributed by atoms with Crippen LogP contribution in [0.25, 0.3) is 10.8 Å². The molecule has 1 heterocycles. The van der Waals surface area contributed by atoms with E-state index in [-0.39, 0.29) is 35.2 Å². The average Bonchev–Trinajstić information content (AvgIpc) is 2.80. The number of aliphatic carboxylic acids is 1. The summed E-state index contributed by atoms with van der Waals surface area (Å²) in [5.74, 6) is -0.636. The number of carboxylic acid groups (broad SMARTS) is 1. The molecule has 2 aromatic rings. The Morgan fingerprint density at radius 2 is 1.77 bits per heavy atom. The van der Waals surface area contributed by atoms with E-state index in [0.717, 1.165) is 37.7 Å². The Bertz CT molecular complexity index is 1050. The number of benzene rings is 2. The van der Waals surface area contributed by atoms with Crippen LogP contribution >= 0.6 is 0 Å². The Labute approximate surface area is 205 Å². The van der Waals surface area contributed by atoms with Crippen molar-refractivity contribution >= 4 is 16.7 Å². The zero-order chi connectivity index (χ0) is 25.3. The van der Waals surface area contributed by atoms with E-state index in [1.54, 1.807) is 12.1 Å². The number of alkyl halides is 3. The summed E-state index contributed by atoms with van der Waals surface area (Å²) in [6, 6.07) is 8.47. The monoisotopic (exact) mass is 491 g/mol. The van der Waals surface area contributed by atoms with Crippen molar-refractivity contribution < 1.29 is 27.8 Å². The predicted octanol–water partition coefficient (Wildman–Crippen LogP) is 7.28. The van der Waals surface area contributed by atoms with Gasteiger partial charge in [-0.2, -0.15) is 13.2 Å². The first kappa shape index (κ1) is 25.8. The third-order valence-corrected chi connectivity index (χ3v) is 8.04. The standard InChI is InChI=1S/C28H36F3NO3/c1-4-21-15-20(27(33)34)14-18(3)32(21)16-19-6-5-7-24-23(19)12-13-25(26(24)28(29,30)31)35-22-10-8-17(2)9-11-22/h5-7,12-13,17-18,20-22H,4,8-11,14-16H2,1-3H3,(H,33,34). The van der Waals surface area contributed by atoms with E-state index < -0.39 is 17.7 Å². The number of halogens is 3. The first-order valence-electron chi connectivity index (χ1n) is 12.9. The van der Waals surface area contributed by atoms with Crippen LogP contribution in [0.3, 0.4) is 0 Å². The molecule has 0 aromatic heterocycles. The molecule has 4 nitrogen and oxygen atoms in total. The van der Waals surface area contributed by atoms with Crippen LogP contribution in [-0.2, 0) is 17.5 Å². The molecule has 7 heteroatoms. The summed E-state index contributed by atoms with van der Waals surface area (Å²) in [7, 11) is 0. The van der Waals surface area contributed by atoms with Crippen molar-refractivity contribution in [1.82, 2.24) is 4.90 Å². The molecule has 1 saturated heterocycles. The topological polar surface area (TPSA) is 49.8 Å². The van der Waals surface area contributed by atoms with E-state index in [0.29, 0.717) is 30.7 Å². The molecule has 192 valence electrons. The highest BCUT2D eigenvalue weighted by atomic mass is 19.4. The highest BCUT2D eigenvalue weighted by molar-refractivity contribution is 5.91. The van der Waals surface area contributed by atoms with Crippen molar-refractivity contribution in [3.05, 3.63) is 41.5 Å². The fourth-order valence-electron chi connectivity index (χ4n) is 6.01. The summed E-state index contributed by atoms with van der Waals surface area (Å²) in [6.45, 7) is 6.71. The van der Waals surface area contributed by atoms with Gasteiger partial charge in [0.1, 0.15) is 11.3 Å². The number of hydrogen-bond acceptors (Lipinski definition) is 3. The molecule has 1 N–H and O–H groups in total. The maximum absolute atomic E-state index is 14.3. The molecule has 3 unspecified atom stereocenters. The van der Waals surface area contributed by atoms with Gasteiger partial charge in [0.25, 0.3) is 0 Å². The van der Waals surface area contributed by atoms with Crippen LogP contribution in [0, 0.1) is 11.8 Å². The van der Waals surface area contributed by atoms with E-state index in [1.165, 1.54) is 12.1 Å². The zero-order valence-corrected chi connectivity index (χ0v) is 20.8. The van der Waals surface area contributed by atoms with Gasteiger partial charge in [-0.05, 0) is 80.2 Å². The summed E-state index contributed by atoms with van der Waals surface area (Å²) < 4.78 is 49.0. The molecule has 1 aliphatic carbocycles. The number of piperidine rings is 1. The van der Waals surface area contributed by atoms with Crippen molar-refractivity contribution in [2.24, 2.45) is 11.8 Å². The van der Waals surface area contributed by atoms with Gasteiger partial charge in [0.05, 0.1) is 12.0 Å². The minimum Gasteiger partial charge on any atom is -0.490 e. The van der Waals surface area contributed by atoms with E-state index in [9.17, 15) is 23.1 Å². The molecule has 2 aromatic carbocycles. The zero-order valence-electron chi connectivity index (χ0n) is 20.8. The number of rotatable bonds is 6. The van der Waals surface area contributed by atoms with Crippen molar-refractivity contribution in [2.75, 3.05) is 0 Å². The Balaban J connectivity index is 1.67. The largest absolute Gasteiger partial charge is 0.490 e. The van der Waals surface area contributed by atoms with E-state index in [2.05, 4.69) is 11.8 Å². The second-order valence-electron chi connectivity index (χ2n) is 10.5. The molecule has 2 aliphatic rings. The normalized spacial score (nSPS) is 28.2. The molecular weight excluding hydrogens is 455 g/mol. The summed E-state index contributed by atoms with van der Waals surface area (Å²) in [5.41, 5.74) is 0.130. The number of hydrogen-bond donors (Lipinski definition) is 1. The minimum atomic E-state index is -4.53. The molecule has 1 aliphatic heterocycles. The van der Waals surface area contributed by atoms with Gasteiger partial charge in [0, 0.05) is 18.6 Å². The van der Waals surface area contributed by atoms with Crippen molar-refractivity contribution in [1.29, 1.82) is 0 Å². The number of ether oxygens (including phenoxy) is 1. The molecule has 0 bridgehead atoms. The lowest BCUT2D eigenvalue weighted by Crippen LogP contribution is -2.48. The van der Waals surface area contributed by atoms with Crippen LogP contribution in [0.15, 0.2) is 30.3 Å². The Morgan fingerprint density at radius 3 is 2.40 bits per heavy atom. The van der Waals surface area contributed by atoms with Gasteiger partial charge >= 0.3 is 12.1 Å². The highest BCUT2D eigenvalue weighted by Crippen LogP contribution is 2.43. The molecule has 35 heavy (non-hydrogen) atoms. The summed E-state index contributed by atoms with van der Waals surface area (Å²) in [6.07, 6.45) is 0.680. The van der Waals surface area contributed by atoms with Gasteiger partial charge in [0.15, 0.2) is 0 Å². The van der Waals surface area contributed by atoms with Crippen molar-refractivity contribution in [3.63, 3.8) is 0 Å². The smallest absolute Gasteiger partial charge is 0.420 e. The van der Waals surface area contributed by atoms with E-state index in [1.807, 2.05) is 19.9 Å². The van der Waals surface area contributed by atoms with Crippen LogP contribution in [0.5, 0.6) is 5.75 Å². The van der Waals surface area contributed by atoms with Crippen LogP contribution in [0.2, 0.25) is 0 Å². The highest BCUT2D eigenvalue weighted by Gasteiger charge is 2.39. The van der Waals surface area contributed by atoms with Crippen molar-refractivity contribution in [3.8, 4) is 5.75 Å². The number of carbonyl (C=O) groups is 1. The van der Waals surface area contributed by atoms with Crippen LogP contribution in [-0.4, -0.2) is 34.2 Å². The Morgan fingerprint density at radius 1 is 1.06 bits per heavy atom. The predicted molar refractivity (Wildman–Crippen MR) is 130 cm³/mol. The number of carboxylic acids is 1. The van der Waals surface area contributed by atoms with Crippen LogP contribution in [0.4, 0.5) is 13.2 Å². The number of nitrogens with zero attached hydrogens (tertiary/aromatic N) is 1. The quantitative estimate of drug-likeness (QED) is 0.461. The second-order valence-corrected chi connectivity index (χ2v) is 10.5.